The molecule has 5 heteroatoms. The average molecular weight is 208 g/mol. The summed E-state index contributed by atoms with van der Waals surface area (Å²) < 4.78 is 10.1. The van der Waals surface area contributed by atoms with Crippen molar-refractivity contribution in [1.82, 2.24) is 5.32 Å². The average Bonchev–Trinajstić information content (AvgIpc) is 2.60. The van der Waals surface area contributed by atoms with Crippen LogP contribution in [0, 0.1) is 11.3 Å². The first-order valence-corrected chi connectivity index (χ1v) is 4.16. The van der Waals surface area contributed by atoms with Gasteiger partial charge in [0.1, 0.15) is 5.41 Å². The number of hydrogen-bond acceptors (Lipinski definition) is 4. The van der Waals surface area contributed by atoms with Crippen LogP contribution in [0.3, 0.4) is 0 Å². The molecule has 1 N–H and O–H groups in total. The Labute approximate surface area is 83.4 Å². The largest absolute Gasteiger partial charge is 0.468 e. The second kappa shape index (κ2) is 3.82. The van der Waals surface area contributed by atoms with Crippen LogP contribution < -0.4 is 5.32 Å². The highest BCUT2D eigenvalue weighted by Gasteiger charge is 2.54. The summed E-state index contributed by atoms with van der Waals surface area (Å²) >= 11 is 0. The molecule has 2 fully saturated rings. The highest BCUT2D eigenvalue weighted by molar-refractivity contribution is 5.85. The van der Waals surface area contributed by atoms with E-state index in [-0.39, 0.29) is 23.8 Å². The van der Waals surface area contributed by atoms with Gasteiger partial charge in [-0.25, -0.2) is 0 Å². The van der Waals surface area contributed by atoms with Crippen LogP contribution in [0.1, 0.15) is 0 Å². The van der Waals surface area contributed by atoms with Crippen molar-refractivity contribution in [2.75, 3.05) is 33.4 Å². The summed E-state index contributed by atoms with van der Waals surface area (Å²) in [5, 5.41) is 3.20. The van der Waals surface area contributed by atoms with Crippen molar-refractivity contribution in [3.05, 3.63) is 0 Å². The fraction of sp³-hybridized carbons (Fsp3) is 0.875. The van der Waals surface area contributed by atoms with Crippen LogP contribution in [0.4, 0.5) is 0 Å². The van der Waals surface area contributed by atoms with Crippen LogP contribution in [0.25, 0.3) is 0 Å². The first kappa shape index (κ1) is 10.8. The van der Waals surface area contributed by atoms with Gasteiger partial charge in [-0.1, -0.05) is 0 Å². The third-order valence-electron chi connectivity index (χ3n) is 2.88. The molecular formula is C8H14ClNO3. The Morgan fingerprint density at radius 3 is 3.15 bits per heavy atom. The van der Waals surface area contributed by atoms with Crippen molar-refractivity contribution in [2.45, 2.75) is 0 Å². The molecule has 4 nitrogen and oxygen atoms in total. The molecule has 0 aliphatic carbocycles. The SMILES string of the molecule is COC(=O)C12CNCC1COC2.Cl. The Hall–Kier alpha value is -0.320. The van der Waals surface area contributed by atoms with Gasteiger partial charge in [0.2, 0.25) is 0 Å². The Bertz CT molecular complexity index is 200. The fourth-order valence-corrected chi connectivity index (χ4v) is 2.08. The molecule has 2 atom stereocenters. The van der Waals surface area contributed by atoms with Crippen LogP contribution in [0.2, 0.25) is 0 Å². The summed E-state index contributed by atoms with van der Waals surface area (Å²) in [6.07, 6.45) is 0. The zero-order chi connectivity index (χ0) is 8.60. The third-order valence-corrected chi connectivity index (χ3v) is 2.88. The number of rotatable bonds is 1. The van der Waals surface area contributed by atoms with Gasteiger partial charge in [-0.15, -0.1) is 12.4 Å². The normalized spacial score (nSPS) is 36.5. The minimum atomic E-state index is -0.380. The summed E-state index contributed by atoms with van der Waals surface area (Å²) in [5.41, 5.74) is -0.380. The molecule has 0 aromatic rings. The quantitative estimate of drug-likeness (QED) is 0.606. The molecule has 0 spiro atoms. The van der Waals surface area contributed by atoms with Crippen LogP contribution >= 0.6 is 12.4 Å². The van der Waals surface area contributed by atoms with E-state index in [1.54, 1.807) is 0 Å². The van der Waals surface area contributed by atoms with Gasteiger partial charge >= 0.3 is 5.97 Å². The van der Waals surface area contributed by atoms with Crippen molar-refractivity contribution < 1.29 is 14.3 Å². The minimum absolute atomic E-state index is 0. The van der Waals surface area contributed by atoms with E-state index in [0.717, 1.165) is 6.54 Å². The molecule has 2 rings (SSSR count). The number of halogens is 1. The maximum Gasteiger partial charge on any atom is 0.315 e. The molecule has 2 aliphatic rings. The molecule has 2 heterocycles. The third kappa shape index (κ3) is 1.43. The second-order valence-corrected chi connectivity index (χ2v) is 3.49. The molecule has 0 radical (unpaired) electrons. The van der Waals surface area contributed by atoms with Gasteiger partial charge in [-0.2, -0.15) is 0 Å². The Balaban J connectivity index is 0.000000845. The molecule has 0 amide bonds. The second-order valence-electron chi connectivity index (χ2n) is 3.49. The summed E-state index contributed by atoms with van der Waals surface area (Å²) in [6, 6.07) is 0. The highest BCUT2D eigenvalue weighted by Crippen LogP contribution is 2.38. The van der Waals surface area contributed by atoms with E-state index in [0.29, 0.717) is 25.7 Å². The van der Waals surface area contributed by atoms with Gasteiger partial charge in [-0.05, 0) is 0 Å². The van der Waals surface area contributed by atoms with E-state index in [4.69, 9.17) is 9.47 Å². The van der Waals surface area contributed by atoms with Crippen LogP contribution in [0.15, 0.2) is 0 Å². The number of nitrogens with one attached hydrogen (secondary N) is 1. The predicted molar refractivity (Wildman–Crippen MR) is 48.9 cm³/mol. The van der Waals surface area contributed by atoms with Gasteiger partial charge in [0.15, 0.2) is 0 Å². The Morgan fingerprint density at radius 2 is 2.46 bits per heavy atom. The van der Waals surface area contributed by atoms with Gasteiger partial charge in [0.05, 0.1) is 20.3 Å². The molecule has 0 saturated carbocycles. The maximum absolute atomic E-state index is 11.5. The van der Waals surface area contributed by atoms with Crippen molar-refractivity contribution in [3.63, 3.8) is 0 Å². The topological polar surface area (TPSA) is 47.6 Å². The van der Waals surface area contributed by atoms with Crippen LogP contribution in [0.5, 0.6) is 0 Å². The molecule has 2 unspecified atom stereocenters. The lowest BCUT2D eigenvalue weighted by Crippen LogP contribution is -2.39. The van der Waals surface area contributed by atoms with E-state index < -0.39 is 0 Å². The number of ether oxygens (including phenoxy) is 2. The van der Waals surface area contributed by atoms with Gasteiger partial charge in [0.25, 0.3) is 0 Å². The molecule has 2 aliphatic heterocycles. The minimum Gasteiger partial charge on any atom is -0.468 e. The van der Waals surface area contributed by atoms with Crippen molar-refractivity contribution >= 4 is 18.4 Å². The van der Waals surface area contributed by atoms with Gasteiger partial charge in [0, 0.05) is 19.0 Å². The first-order chi connectivity index (χ1) is 5.79. The molecular weight excluding hydrogens is 194 g/mol. The molecule has 2 saturated heterocycles. The fourth-order valence-electron chi connectivity index (χ4n) is 2.08. The number of hydrogen-bond donors (Lipinski definition) is 1. The monoisotopic (exact) mass is 207 g/mol. The van der Waals surface area contributed by atoms with Gasteiger partial charge in [-0.3, -0.25) is 4.79 Å². The van der Waals surface area contributed by atoms with E-state index >= 15 is 0 Å². The van der Waals surface area contributed by atoms with Gasteiger partial charge < -0.3 is 14.8 Å². The molecule has 76 valence electrons. The number of carbonyl (C=O) groups excluding carboxylic acids is 1. The van der Waals surface area contributed by atoms with Crippen LogP contribution in [-0.4, -0.2) is 39.4 Å². The van der Waals surface area contributed by atoms with Crippen molar-refractivity contribution in [1.29, 1.82) is 0 Å². The summed E-state index contributed by atoms with van der Waals surface area (Å²) in [4.78, 5) is 11.5. The summed E-state index contributed by atoms with van der Waals surface area (Å²) in [6.45, 7) is 2.76. The number of fused-ring (bicyclic) bond motifs is 1. The molecule has 0 bridgehead atoms. The lowest BCUT2D eigenvalue weighted by Gasteiger charge is -2.22. The van der Waals surface area contributed by atoms with E-state index in [9.17, 15) is 4.79 Å². The molecule has 0 aromatic carbocycles. The molecule has 0 aromatic heterocycles. The Morgan fingerprint density at radius 1 is 1.69 bits per heavy atom. The zero-order valence-electron chi connectivity index (χ0n) is 7.54. The number of methoxy groups -OCH3 is 1. The lowest BCUT2D eigenvalue weighted by atomic mass is 9.81. The summed E-state index contributed by atoms with van der Waals surface area (Å²) in [7, 11) is 1.44. The van der Waals surface area contributed by atoms with E-state index in [1.165, 1.54) is 7.11 Å². The van der Waals surface area contributed by atoms with E-state index in [2.05, 4.69) is 5.32 Å². The number of carbonyl (C=O) groups is 1. The van der Waals surface area contributed by atoms with Crippen molar-refractivity contribution in [2.24, 2.45) is 11.3 Å². The number of esters is 1. The standard InChI is InChI=1S/C8H13NO3.ClH/c1-11-7(10)8-4-9-2-6(8)3-12-5-8;/h6,9H,2-5H2,1H3;1H. The molecule has 13 heavy (non-hydrogen) atoms. The van der Waals surface area contributed by atoms with Crippen molar-refractivity contribution in [3.8, 4) is 0 Å². The predicted octanol–water partition coefficient (Wildman–Crippen LogP) is -0.183. The highest BCUT2D eigenvalue weighted by atomic mass is 35.5. The first-order valence-electron chi connectivity index (χ1n) is 4.16. The van der Waals surface area contributed by atoms with Crippen LogP contribution in [-0.2, 0) is 14.3 Å². The smallest absolute Gasteiger partial charge is 0.315 e. The maximum atomic E-state index is 11.5. The Kier molecular flexibility index (Phi) is 3.16. The van der Waals surface area contributed by atoms with E-state index in [1.807, 2.05) is 0 Å². The summed E-state index contributed by atoms with van der Waals surface area (Å²) in [5.74, 6) is 0.181. The zero-order valence-corrected chi connectivity index (χ0v) is 8.36. The lowest BCUT2D eigenvalue weighted by molar-refractivity contribution is -0.152.